The predicted molar refractivity (Wildman–Crippen MR) is 157 cm³/mol. The molecule has 1 N–H and O–H groups in total. The number of carbonyl (C=O) groups excluding carboxylic acids is 2. The third kappa shape index (κ3) is 7.28. The summed E-state index contributed by atoms with van der Waals surface area (Å²) in [6.07, 6.45) is 3.07. The summed E-state index contributed by atoms with van der Waals surface area (Å²) in [7, 11) is 1.56. The fourth-order valence-electron chi connectivity index (χ4n) is 3.78. The Bertz CT molecular complexity index is 1480. The van der Waals surface area contributed by atoms with Crippen LogP contribution in [0.25, 0.3) is 17.2 Å². The molecule has 0 aliphatic carbocycles. The highest BCUT2D eigenvalue weighted by Crippen LogP contribution is 2.36. The number of nitrogens with one attached hydrogen (secondary N) is 1. The molecular weight excluding hydrogens is 534 g/mol. The van der Waals surface area contributed by atoms with Gasteiger partial charge in [-0.25, -0.2) is 4.79 Å². The molecule has 6 nitrogen and oxygen atoms in total. The van der Waals surface area contributed by atoms with Crippen molar-refractivity contribution in [2.45, 2.75) is 20.5 Å². The number of rotatable bonds is 10. The summed E-state index contributed by atoms with van der Waals surface area (Å²) in [5, 5.41) is 5.78. The highest BCUT2D eigenvalue weighted by molar-refractivity contribution is 7.15. The number of amides is 1. The number of methoxy groups -OCH3 is 1. The molecule has 4 aromatic rings. The zero-order valence-corrected chi connectivity index (χ0v) is 23.4. The first-order valence-corrected chi connectivity index (χ1v) is 13.5. The van der Waals surface area contributed by atoms with Crippen LogP contribution in [0.2, 0.25) is 5.02 Å². The first-order chi connectivity index (χ1) is 18.9. The van der Waals surface area contributed by atoms with Gasteiger partial charge in [-0.3, -0.25) is 4.79 Å². The molecule has 0 aliphatic rings. The summed E-state index contributed by atoms with van der Waals surface area (Å²) >= 11 is 7.22. The summed E-state index contributed by atoms with van der Waals surface area (Å²) in [5.74, 6) is 0.264. The smallest absolute Gasteiger partial charge is 0.341 e. The molecule has 0 radical (unpaired) electrons. The molecule has 0 fully saturated rings. The van der Waals surface area contributed by atoms with Crippen LogP contribution in [0, 0.1) is 6.92 Å². The number of carbonyl (C=O) groups is 2. The van der Waals surface area contributed by atoms with Gasteiger partial charge in [-0.15, -0.1) is 11.3 Å². The Kier molecular flexibility index (Phi) is 9.41. The third-order valence-electron chi connectivity index (χ3n) is 5.79. The molecule has 200 valence electrons. The van der Waals surface area contributed by atoms with Crippen molar-refractivity contribution >= 4 is 45.9 Å². The minimum absolute atomic E-state index is 0.233. The van der Waals surface area contributed by atoms with Crippen molar-refractivity contribution < 1.29 is 23.8 Å². The Morgan fingerprint density at radius 3 is 2.44 bits per heavy atom. The number of aryl methyl sites for hydroxylation is 1. The molecule has 39 heavy (non-hydrogen) atoms. The van der Waals surface area contributed by atoms with Gasteiger partial charge < -0.3 is 19.5 Å². The van der Waals surface area contributed by atoms with Crippen LogP contribution in [0.15, 0.2) is 78.2 Å². The lowest BCUT2D eigenvalue weighted by molar-refractivity contribution is -0.111. The van der Waals surface area contributed by atoms with Crippen LogP contribution < -0.4 is 14.8 Å². The number of hydrogen-bond donors (Lipinski definition) is 1. The summed E-state index contributed by atoms with van der Waals surface area (Å²) in [4.78, 5) is 25.6. The zero-order valence-electron chi connectivity index (χ0n) is 21.8. The fraction of sp³-hybridized carbons (Fsp3) is 0.161. The summed E-state index contributed by atoms with van der Waals surface area (Å²) in [5.41, 5.74) is 4.78. The minimum Gasteiger partial charge on any atom is -0.493 e. The highest BCUT2D eigenvalue weighted by atomic mass is 35.5. The number of anilines is 1. The SMILES string of the molecule is CCOC(=O)c1c(-c2ccc(C)cc2)csc1NC(=O)/C=C/c1ccc(OCc2ccc(Cl)cc2)c(OC)c1. The molecule has 4 rings (SSSR count). The molecular formula is C31H28ClNO5S. The van der Waals surface area contributed by atoms with Crippen LogP contribution in [-0.2, 0) is 16.1 Å². The molecule has 0 atom stereocenters. The Balaban J connectivity index is 1.47. The second kappa shape index (κ2) is 13.1. The van der Waals surface area contributed by atoms with E-state index in [4.69, 9.17) is 25.8 Å². The summed E-state index contributed by atoms with van der Waals surface area (Å²) in [6.45, 7) is 4.34. The Morgan fingerprint density at radius 1 is 1.00 bits per heavy atom. The van der Waals surface area contributed by atoms with Crippen molar-refractivity contribution in [1.29, 1.82) is 0 Å². The summed E-state index contributed by atoms with van der Waals surface area (Å²) < 4.78 is 16.7. The molecule has 0 saturated carbocycles. The van der Waals surface area contributed by atoms with Crippen molar-refractivity contribution in [3.63, 3.8) is 0 Å². The van der Waals surface area contributed by atoms with Crippen molar-refractivity contribution in [3.8, 4) is 22.6 Å². The average Bonchev–Trinajstić information content (AvgIpc) is 3.35. The van der Waals surface area contributed by atoms with Gasteiger partial charge in [0.25, 0.3) is 0 Å². The Morgan fingerprint density at radius 2 is 1.74 bits per heavy atom. The normalized spacial score (nSPS) is 10.9. The average molecular weight is 562 g/mol. The molecule has 1 heterocycles. The molecule has 8 heteroatoms. The van der Waals surface area contributed by atoms with E-state index in [1.807, 2.05) is 66.9 Å². The van der Waals surface area contributed by atoms with E-state index >= 15 is 0 Å². The molecule has 0 spiro atoms. The number of halogens is 1. The zero-order chi connectivity index (χ0) is 27.8. The van der Waals surface area contributed by atoms with Crippen molar-refractivity contribution in [2.75, 3.05) is 19.0 Å². The predicted octanol–water partition coefficient (Wildman–Crippen LogP) is 7.79. The lowest BCUT2D eigenvalue weighted by atomic mass is 10.0. The maximum absolute atomic E-state index is 12.8. The van der Waals surface area contributed by atoms with Gasteiger partial charge in [0.05, 0.1) is 13.7 Å². The van der Waals surface area contributed by atoms with E-state index in [1.54, 1.807) is 32.2 Å². The van der Waals surface area contributed by atoms with Crippen LogP contribution in [0.5, 0.6) is 11.5 Å². The van der Waals surface area contributed by atoms with Crippen LogP contribution in [-0.4, -0.2) is 25.6 Å². The number of thiophene rings is 1. The van der Waals surface area contributed by atoms with Gasteiger partial charge in [0.15, 0.2) is 11.5 Å². The molecule has 0 aliphatic heterocycles. The number of esters is 1. The summed E-state index contributed by atoms with van der Waals surface area (Å²) in [6, 6.07) is 20.7. The van der Waals surface area contributed by atoms with Gasteiger partial charge in [-0.2, -0.15) is 0 Å². The monoisotopic (exact) mass is 561 g/mol. The highest BCUT2D eigenvalue weighted by Gasteiger charge is 2.22. The number of ether oxygens (including phenoxy) is 3. The fourth-order valence-corrected chi connectivity index (χ4v) is 4.86. The largest absolute Gasteiger partial charge is 0.493 e. The van der Waals surface area contributed by atoms with Gasteiger partial charge in [0.1, 0.15) is 17.2 Å². The first kappa shape index (κ1) is 28.0. The maximum Gasteiger partial charge on any atom is 0.341 e. The van der Waals surface area contributed by atoms with Gasteiger partial charge in [0, 0.05) is 22.0 Å². The van der Waals surface area contributed by atoms with E-state index in [2.05, 4.69) is 5.32 Å². The van der Waals surface area contributed by atoms with Gasteiger partial charge in [0.2, 0.25) is 5.91 Å². The van der Waals surface area contributed by atoms with Crippen molar-refractivity contribution in [3.05, 3.63) is 105 Å². The van der Waals surface area contributed by atoms with Crippen molar-refractivity contribution in [1.82, 2.24) is 0 Å². The van der Waals surface area contributed by atoms with Crippen molar-refractivity contribution in [2.24, 2.45) is 0 Å². The standard InChI is InChI=1S/C31H28ClNO5S/c1-4-37-31(35)29-25(23-11-5-20(2)6-12-23)19-39-30(29)33-28(34)16-10-21-9-15-26(27(17-21)36-3)38-18-22-7-13-24(32)14-8-22/h5-17,19H,4,18H2,1-3H3,(H,33,34)/b16-10+. The van der Waals surface area contributed by atoms with Crippen LogP contribution in [0.3, 0.4) is 0 Å². The van der Waals surface area contributed by atoms with Gasteiger partial charge in [-0.1, -0.05) is 59.6 Å². The molecule has 3 aromatic carbocycles. The lowest BCUT2D eigenvalue weighted by Gasteiger charge is -2.11. The van der Waals surface area contributed by atoms with Gasteiger partial charge >= 0.3 is 5.97 Å². The van der Waals surface area contributed by atoms with E-state index < -0.39 is 5.97 Å². The molecule has 1 amide bonds. The van der Waals surface area contributed by atoms with E-state index in [9.17, 15) is 9.59 Å². The Labute approximate surface area is 236 Å². The van der Waals surface area contributed by atoms with Gasteiger partial charge in [-0.05, 0) is 60.9 Å². The topological polar surface area (TPSA) is 73.9 Å². The quantitative estimate of drug-likeness (QED) is 0.158. The minimum atomic E-state index is -0.479. The lowest BCUT2D eigenvalue weighted by Crippen LogP contribution is -2.12. The van der Waals surface area contributed by atoms with E-state index in [0.717, 1.165) is 27.8 Å². The van der Waals surface area contributed by atoms with Crippen LogP contribution in [0.4, 0.5) is 5.00 Å². The molecule has 0 saturated heterocycles. The van der Waals surface area contributed by atoms with E-state index in [1.165, 1.54) is 17.4 Å². The second-order valence-electron chi connectivity index (χ2n) is 8.59. The van der Waals surface area contributed by atoms with E-state index in [0.29, 0.717) is 33.7 Å². The number of benzene rings is 3. The molecule has 1 aromatic heterocycles. The molecule has 0 bridgehead atoms. The van der Waals surface area contributed by atoms with Crippen LogP contribution in [0.1, 0.15) is 34.0 Å². The Hall–Kier alpha value is -4.07. The first-order valence-electron chi connectivity index (χ1n) is 12.3. The maximum atomic E-state index is 12.8. The second-order valence-corrected chi connectivity index (χ2v) is 9.90. The molecule has 0 unspecified atom stereocenters. The third-order valence-corrected chi connectivity index (χ3v) is 6.94. The van der Waals surface area contributed by atoms with Crippen LogP contribution >= 0.6 is 22.9 Å². The van der Waals surface area contributed by atoms with E-state index in [-0.39, 0.29) is 12.5 Å². The number of hydrogen-bond acceptors (Lipinski definition) is 6.